The van der Waals surface area contributed by atoms with Crippen LogP contribution in [0.2, 0.25) is 0 Å². The zero-order chi connectivity index (χ0) is 10.8. The van der Waals surface area contributed by atoms with E-state index in [1.165, 1.54) is 4.31 Å². The van der Waals surface area contributed by atoms with Gasteiger partial charge in [-0.25, -0.2) is 8.42 Å². The lowest BCUT2D eigenvalue weighted by Crippen LogP contribution is -2.43. The molecule has 1 atom stereocenters. The van der Waals surface area contributed by atoms with E-state index in [0.29, 0.717) is 18.0 Å². The summed E-state index contributed by atoms with van der Waals surface area (Å²) < 4.78 is 25.0. The second kappa shape index (κ2) is 4.55. The van der Waals surface area contributed by atoms with E-state index in [2.05, 4.69) is 0 Å². The van der Waals surface area contributed by atoms with Crippen molar-refractivity contribution in [3.05, 3.63) is 0 Å². The molecule has 2 N–H and O–H groups in total. The van der Waals surface area contributed by atoms with Gasteiger partial charge < -0.3 is 5.73 Å². The molecular formula is C8H16N2O2S2. The van der Waals surface area contributed by atoms with Crippen molar-refractivity contribution in [3.63, 3.8) is 0 Å². The molecule has 6 heteroatoms. The van der Waals surface area contributed by atoms with Crippen molar-refractivity contribution in [2.24, 2.45) is 5.73 Å². The summed E-state index contributed by atoms with van der Waals surface area (Å²) in [5, 5.41) is 0. The van der Waals surface area contributed by atoms with E-state index in [4.69, 9.17) is 18.0 Å². The van der Waals surface area contributed by atoms with Gasteiger partial charge in [0.2, 0.25) is 10.0 Å². The molecule has 1 aliphatic heterocycles. The van der Waals surface area contributed by atoms with Gasteiger partial charge in [0.15, 0.2) is 0 Å². The molecule has 0 bridgehead atoms. The number of thiocarbonyl (C=S) groups is 1. The maximum Gasteiger partial charge on any atom is 0.214 e. The van der Waals surface area contributed by atoms with Crippen LogP contribution in [0.1, 0.15) is 26.2 Å². The minimum absolute atomic E-state index is 0.187. The minimum Gasteiger partial charge on any atom is -0.392 e. The summed E-state index contributed by atoms with van der Waals surface area (Å²) in [5.74, 6) is 0.187. The quantitative estimate of drug-likeness (QED) is 0.721. The fraction of sp³-hybridized carbons (Fsp3) is 0.875. The number of nitrogens with zero attached hydrogens (tertiary/aromatic N) is 1. The van der Waals surface area contributed by atoms with Crippen LogP contribution in [-0.4, -0.2) is 36.1 Å². The molecule has 1 heterocycles. The Morgan fingerprint density at radius 2 is 2.29 bits per heavy atom. The summed E-state index contributed by atoms with van der Waals surface area (Å²) in [6.07, 6.45) is 2.24. The topological polar surface area (TPSA) is 63.4 Å². The smallest absolute Gasteiger partial charge is 0.214 e. The summed E-state index contributed by atoms with van der Waals surface area (Å²) >= 11 is 4.86. The van der Waals surface area contributed by atoms with Crippen LogP contribution in [0.5, 0.6) is 0 Å². The Kier molecular flexibility index (Phi) is 3.86. The first-order valence-electron chi connectivity index (χ1n) is 4.78. The molecule has 0 aromatic rings. The van der Waals surface area contributed by atoms with Crippen molar-refractivity contribution in [1.82, 2.24) is 4.31 Å². The Hall–Kier alpha value is -0.200. The number of rotatable bonds is 4. The van der Waals surface area contributed by atoms with Gasteiger partial charge >= 0.3 is 0 Å². The molecule has 14 heavy (non-hydrogen) atoms. The van der Waals surface area contributed by atoms with Crippen molar-refractivity contribution in [3.8, 4) is 0 Å². The third-order valence-corrected chi connectivity index (χ3v) is 4.70. The highest BCUT2D eigenvalue weighted by atomic mass is 32.2. The molecule has 0 aromatic carbocycles. The SMILES string of the molecule is CCCS(=O)(=O)N1CCCC1C(N)=S. The molecule has 0 aliphatic carbocycles. The van der Waals surface area contributed by atoms with E-state index in [-0.39, 0.29) is 11.8 Å². The van der Waals surface area contributed by atoms with E-state index in [1.807, 2.05) is 6.92 Å². The molecule has 0 saturated carbocycles. The van der Waals surface area contributed by atoms with Gasteiger partial charge in [-0.3, -0.25) is 0 Å². The summed E-state index contributed by atoms with van der Waals surface area (Å²) in [5.41, 5.74) is 5.51. The predicted octanol–water partition coefficient (Wildman–Crippen LogP) is 0.477. The van der Waals surface area contributed by atoms with E-state index in [1.54, 1.807) is 0 Å². The zero-order valence-electron chi connectivity index (χ0n) is 8.27. The van der Waals surface area contributed by atoms with Gasteiger partial charge in [0.1, 0.15) is 0 Å². The van der Waals surface area contributed by atoms with E-state index in [9.17, 15) is 8.42 Å². The Morgan fingerprint density at radius 3 is 2.79 bits per heavy atom. The van der Waals surface area contributed by atoms with Crippen molar-refractivity contribution < 1.29 is 8.42 Å². The van der Waals surface area contributed by atoms with Gasteiger partial charge in [-0.2, -0.15) is 4.31 Å². The molecule has 82 valence electrons. The normalized spacial score (nSPS) is 23.9. The lowest BCUT2D eigenvalue weighted by atomic mass is 10.2. The standard InChI is InChI=1S/C8H16N2O2S2/c1-2-6-14(11,12)10-5-3-4-7(10)8(9)13/h7H,2-6H2,1H3,(H2,9,13). The van der Waals surface area contributed by atoms with E-state index in [0.717, 1.165) is 12.8 Å². The Balaban J connectivity index is 2.81. The largest absolute Gasteiger partial charge is 0.392 e. The second-order valence-corrected chi connectivity index (χ2v) is 6.00. The first-order chi connectivity index (χ1) is 6.49. The lowest BCUT2D eigenvalue weighted by Gasteiger charge is -2.22. The fourth-order valence-electron chi connectivity index (χ4n) is 1.73. The fourth-order valence-corrected chi connectivity index (χ4v) is 3.81. The van der Waals surface area contributed by atoms with Crippen molar-refractivity contribution in [2.45, 2.75) is 32.2 Å². The van der Waals surface area contributed by atoms with Crippen LogP contribution < -0.4 is 5.73 Å². The highest BCUT2D eigenvalue weighted by molar-refractivity contribution is 7.89. The summed E-state index contributed by atoms with van der Waals surface area (Å²) in [6, 6.07) is -0.249. The Bertz CT molecular complexity index is 313. The highest BCUT2D eigenvalue weighted by Gasteiger charge is 2.34. The number of hydrogen-bond donors (Lipinski definition) is 1. The van der Waals surface area contributed by atoms with Crippen molar-refractivity contribution >= 4 is 27.2 Å². The average molecular weight is 236 g/mol. The predicted molar refractivity (Wildman–Crippen MR) is 60.6 cm³/mol. The van der Waals surface area contributed by atoms with E-state index < -0.39 is 10.0 Å². The number of hydrogen-bond acceptors (Lipinski definition) is 3. The second-order valence-electron chi connectivity index (χ2n) is 3.49. The molecule has 1 rings (SSSR count). The maximum absolute atomic E-state index is 11.8. The number of nitrogens with two attached hydrogens (primary N) is 1. The molecular weight excluding hydrogens is 220 g/mol. The summed E-state index contributed by atoms with van der Waals surface area (Å²) in [4.78, 5) is 0.294. The molecule has 0 amide bonds. The van der Waals surface area contributed by atoms with Crippen molar-refractivity contribution in [1.29, 1.82) is 0 Å². The molecule has 4 nitrogen and oxygen atoms in total. The molecule has 0 aromatic heterocycles. The Labute approximate surface area is 90.5 Å². The third-order valence-electron chi connectivity index (χ3n) is 2.35. The van der Waals surface area contributed by atoms with Gasteiger partial charge in [-0.1, -0.05) is 19.1 Å². The average Bonchev–Trinajstić information content (AvgIpc) is 2.51. The molecule has 1 aliphatic rings. The summed E-state index contributed by atoms with van der Waals surface area (Å²) in [6.45, 7) is 2.41. The van der Waals surface area contributed by atoms with Crippen LogP contribution in [-0.2, 0) is 10.0 Å². The van der Waals surface area contributed by atoms with Crippen LogP contribution in [0, 0.1) is 0 Å². The van der Waals surface area contributed by atoms with Crippen LogP contribution in [0.3, 0.4) is 0 Å². The first-order valence-corrected chi connectivity index (χ1v) is 6.79. The minimum atomic E-state index is -3.14. The lowest BCUT2D eigenvalue weighted by molar-refractivity contribution is 0.446. The zero-order valence-corrected chi connectivity index (χ0v) is 9.90. The van der Waals surface area contributed by atoms with Gasteiger partial charge in [-0.15, -0.1) is 0 Å². The van der Waals surface area contributed by atoms with Crippen LogP contribution >= 0.6 is 12.2 Å². The number of sulfonamides is 1. The molecule has 0 spiro atoms. The maximum atomic E-state index is 11.8. The molecule has 0 radical (unpaired) electrons. The van der Waals surface area contributed by atoms with Crippen LogP contribution in [0.4, 0.5) is 0 Å². The highest BCUT2D eigenvalue weighted by Crippen LogP contribution is 2.21. The molecule has 1 saturated heterocycles. The monoisotopic (exact) mass is 236 g/mol. The van der Waals surface area contributed by atoms with Gasteiger partial charge in [0.25, 0.3) is 0 Å². The van der Waals surface area contributed by atoms with Gasteiger partial charge in [0, 0.05) is 6.54 Å². The van der Waals surface area contributed by atoms with Gasteiger partial charge in [0.05, 0.1) is 16.8 Å². The first kappa shape index (κ1) is 11.9. The summed E-state index contributed by atoms with van der Waals surface area (Å²) in [7, 11) is -3.14. The third kappa shape index (κ3) is 2.43. The van der Waals surface area contributed by atoms with Gasteiger partial charge in [-0.05, 0) is 19.3 Å². The van der Waals surface area contributed by atoms with Crippen LogP contribution in [0.15, 0.2) is 0 Å². The van der Waals surface area contributed by atoms with E-state index >= 15 is 0 Å². The Morgan fingerprint density at radius 1 is 1.64 bits per heavy atom. The molecule has 1 fully saturated rings. The van der Waals surface area contributed by atoms with Crippen molar-refractivity contribution in [2.75, 3.05) is 12.3 Å². The molecule has 1 unspecified atom stereocenters. The van der Waals surface area contributed by atoms with Crippen LogP contribution in [0.25, 0.3) is 0 Å².